The Balaban J connectivity index is 2.30. The van der Waals surface area contributed by atoms with Gasteiger partial charge in [-0.15, -0.1) is 0 Å². The van der Waals surface area contributed by atoms with Gasteiger partial charge in [-0.1, -0.05) is 6.92 Å². The first kappa shape index (κ1) is 12.6. The van der Waals surface area contributed by atoms with E-state index in [-0.39, 0.29) is 0 Å². The minimum absolute atomic E-state index is 0.347. The number of nitriles is 1. The second-order valence-corrected chi connectivity index (χ2v) is 5.42. The van der Waals surface area contributed by atoms with Crippen LogP contribution in [0.4, 0.5) is 5.82 Å². The predicted octanol–water partition coefficient (Wildman–Crippen LogP) is 2.14. The molecule has 3 N–H and O–H groups in total. The number of pyridine rings is 2. The van der Waals surface area contributed by atoms with Gasteiger partial charge in [0.2, 0.25) is 0 Å². The fourth-order valence-electron chi connectivity index (χ4n) is 2.93. The molecule has 0 radical (unpaired) electrons. The van der Waals surface area contributed by atoms with Crippen molar-refractivity contribution in [1.29, 1.82) is 5.26 Å². The second-order valence-electron chi connectivity index (χ2n) is 5.42. The van der Waals surface area contributed by atoms with Gasteiger partial charge < -0.3 is 5.73 Å². The third kappa shape index (κ3) is 2.01. The molecule has 100 valence electrons. The molecular formula is C16H17N4+. The molecule has 0 amide bonds. The topological polar surface area (TPSA) is 76.8 Å². The van der Waals surface area contributed by atoms with Crippen LogP contribution in [0.5, 0.6) is 0 Å². The molecule has 1 aliphatic carbocycles. The number of nitrogens with two attached hydrogens (primary N) is 1. The number of H-pyrrole nitrogens is 1. The maximum absolute atomic E-state index is 9.45. The van der Waals surface area contributed by atoms with E-state index in [0.29, 0.717) is 17.3 Å². The molecule has 3 rings (SSSR count). The third-order valence-electron chi connectivity index (χ3n) is 3.95. The molecule has 1 aliphatic rings. The van der Waals surface area contributed by atoms with Gasteiger partial charge in [-0.3, -0.25) is 0 Å². The van der Waals surface area contributed by atoms with E-state index in [1.807, 2.05) is 24.5 Å². The quantitative estimate of drug-likeness (QED) is 0.858. The summed E-state index contributed by atoms with van der Waals surface area (Å²) in [5.74, 6) is 0.963. The van der Waals surface area contributed by atoms with E-state index in [1.165, 1.54) is 5.56 Å². The lowest BCUT2D eigenvalue weighted by atomic mass is 9.82. The summed E-state index contributed by atoms with van der Waals surface area (Å²) >= 11 is 0. The van der Waals surface area contributed by atoms with Crippen LogP contribution in [0.15, 0.2) is 24.5 Å². The Kier molecular flexibility index (Phi) is 3.11. The van der Waals surface area contributed by atoms with Gasteiger partial charge in [-0.25, -0.2) is 9.97 Å². The number of fused-ring (bicyclic) bond motifs is 1. The van der Waals surface area contributed by atoms with E-state index in [0.717, 1.165) is 36.1 Å². The molecule has 0 aromatic carbocycles. The highest BCUT2D eigenvalue weighted by molar-refractivity contribution is 5.78. The molecule has 0 bridgehead atoms. The monoisotopic (exact) mass is 265 g/mol. The van der Waals surface area contributed by atoms with Crippen LogP contribution in [0.1, 0.15) is 30.2 Å². The second kappa shape index (κ2) is 4.93. The number of aromatic amines is 1. The Hall–Kier alpha value is -2.41. The molecule has 2 aromatic rings. The van der Waals surface area contributed by atoms with Crippen molar-refractivity contribution in [1.82, 2.24) is 4.98 Å². The van der Waals surface area contributed by atoms with E-state index in [9.17, 15) is 5.26 Å². The van der Waals surface area contributed by atoms with Crippen molar-refractivity contribution in [2.75, 3.05) is 5.73 Å². The molecule has 1 atom stereocenters. The highest BCUT2D eigenvalue weighted by Gasteiger charge is 2.25. The Labute approximate surface area is 118 Å². The lowest BCUT2D eigenvalue weighted by Gasteiger charge is -2.24. The van der Waals surface area contributed by atoms with Crippen LogP contribution in [-0.4, -0.2) is 4.98 Å². The Morgan fingerprint density at radius 3 is 3.05 bits per heavy atom. The zero-order valence-corrected chi connectivity index (χ0v) is 11.5. The summed E-state index contributed by atoms with van der Waals surface area (Å²) in [6.07, 6.45) is 6.80. The number of nitrogen functional groups attached to an aromatic ring is 1. The third-order valence-corrected chi connectivity index (χ3v) is 3.95. The molecule has 0 spiro atoms. The molecule has 4 nitrogen and oxygen atoms in total. The first-order chi connectivity index (χ1) is 9.70. The number of hydrogen-bond donors (Lipinski definition) is 1. The van der Waals surface area contributed by atoms with Gasteiger partial charge in [0.05, 0.1) is 0 Å². The summed E-state index contributed by atoms with van der Waals surface area (Å²) in [4.78, 5) is 7.53. The largest absolute Gasteiger partial charge is 0.383 e. The molecule has 0 unspecified atom stereocenters. The first-order valence-corrected chi connectivity index (χ1v) is 6.88. The lowest BCUT2D eigenvalue weighted by molar-refractivity contribution is -0.377. The van der Waals surface area contributed by atoms with E-state index in [4.69, 9.17) is 5.73 Å². The number of aromatic nitrogens is 2. The van der Waals surface area contributed by atoms with E-state index in [1.54, 1.807) is 0 Å². The summed E-state index contributed by atoms with van der Waals surface area (Å²) in [6, 6.07) is 6.17. The predicted molar refractivity (Wildman–Crippen MR) is 76.5 cm³/mol. The lowest BCUT2D eigenvalue weighted by Crippen LogP contribution is -2.17. The summed E-state index contributed by atoms with van der Waals surface area (Å²) in [6.45, 7) is 2.24. The van der Waals surface area contributed by atoms with Crippen molar-refractivity contribution in [2.24, 2.45) is 5.92 Å². The van der Waals surface area contributed by atoms with Gasteiger partial charge >= 0.3 is 0 Å². The SMILES string of the molecule is C[C@@H]1CCc2nc(N)c(C#N)c(-c3ccc[nH+]c3)c2C1. The van der Waals surface area contributed by atoms with Crippen molar-refractivity contribution in [3.05, 3.63) is 41.3 Å². The fraction of sp³-hybridized carbons (Fsp3) is 0.312. The Morgan fingerprint density at radius 1 is 1.50 bits per heavy atom. The van der Waals surface area contributed by atoms with Crippen molar-refractivity contribution < 1.29 is 4.98 Å². The molecule has 2 heterocycles. The summed E-state index contributed by atoms with van der Waals surface area (Å²) in [7, 11) is 0. The fourth-order valence-corrected chi connectivity index (χ4v) is 2.93. The highest BCUT2D eigenvalue weighted by Crippen LogP contribution is 2.36. The minimum Gasteiger partial charge on any atom is -0.383 e. The average Bonchev–Trinajstić information content (AvgIpc) is 2.47. The zero-order chi connectivity index (χ0) is 14.1. The summed E-state index contributed by atoms with van der Waals surface area (Å²) in [5, 5.41) is 9.45. The molecular weight excluding hydrogens is 248 g/mol. The standard InChI is InChI=1S/C16H16N4/c1-10-4-5-14-12(7-10)15(11-3-2-6-19-9-11)13(8-17)16(18)20-14/h2-3,6,9-10H,4-5,7H2,1H3,(H2,18,20)/p+1/t10-/m1/s1. The average molecular weight is 265 g/mol. The highest BCUT2D eigenvalue weighted by atomic mass is 14.9. The maximum atomic E-state index is 9.45. The van der Waals surface area contributed by atoms with E-state index in [2.05, 4.69) is 23.0 Å². The smallest absolute Gasteiger partial charge is 0.174 e. The molecule has 2 aromatic heterocycles. The Bertz CT molecular complexity index is 686. The van der Waals surface area contributed by atoms with Gasteiger partial charge in [0.15, 0.2) is 12.4 Å². The molecule has 0 aliphatic heterocycles. The van der Waals surface area contributed by atoms with Crippen LogP contribution < -0.4 is 10.7 Å². The van der Waals surface area contributed by atoms with Crippen LogP contribution in [-0.2, 0) is 12.8 Å². The van der Waals surface area contributed by atoms with Gasteiger partial charge in [-0.05, 0) is 36.8 Å². The zero-order valence-electron chi connectivity index (χ0n) is 11.5. The van der Waals surface area contributed by atoms with Gasteiger partial charge in [0, 0.05) is 22.9 Å². The van der Waals surface area contributed by atoms with E-state index < -0.39 is 0 Å². The Morgan fingerprint density at radius 2 is 2.35 bits per heavy atom. The number of nitrogens with zero attached hydrogens (tertiary/aromatic N) is 2. The van der Waals surface area contributed by atoms with Crippen LogP contribution in [0.2, 0.25) is 0 Å². The van der Waals surface area contributed by atoms with Gasteiger partial charge in [-0.2, -0.15) is 5.26 Å². The number of rotatable bonds is 1. The maximum Gasteiger partial charge on any atom is 0.174 e. The molecule has 0 fully saturated rings. The van der Waals surface area contributed by atoms with Crippen molar-refractivity contribution >= 4 is 5.82 Å². The van der Waals surface area contributed by atoms with Crippen LogP contribution in [0.25, 0.3) is 11.1 Å². The molecule has 20 heavy (non-hydrogen) atoms. The number of anilines is 1. The van der Waals surface area contributed by atoms with Crippen molar-refractivity contribution in [3.63, 3.8) is 0 Å². The first-order valence-electron chi connectivity index (χ1n) is 6.88. The van der Waals surface area contributed by atoms with Crippen LogP contribution in [0.3, 0.4) is 0 Å². The number of nitrogens with one attached hydrogen (secondary N) is 1. The number of aryl methyl sites for hydroxylation is 1. The van der Waals surface area contributed by atoms with E-state index >= 15 is 0 Å². The summed E-state index contributed by atoms with van der Waals surface area (Å²) in [5.41, 5.74) is 10.7. The van der Waals surface area contributed by atoms with Gasteiger partial charge in [0.1, 0.15) is 17.5 Å². The molecule has 4 heteroatoms. The molecule has 0 saturated carbocycles. The number of hydrogen-bond acceptors (Lipinski definition) is 3. The van der Waals surface area contributed by atoms with Crippen LogP contribution >= 0.6 is 0 Å². The van der Waals surface area contributed by atoms with Gasteiger partial charge in [0.25, 0.3) is 0 Å². The summed E-state index contributed by atoms with van der Waals surface area (Å²) < 4.78 is 0. The minimum atomic E-state index is 0.347. The molecule has 0 saturated heterocycles. The normalized spacial score (nSPS) is 17.3. The van der Waals surface area contributed by atoms with Crippen molar-refractivity contribution in [3.8, 4) is 17.2 Å². The van der Waals surface area contributed by atoms with Crippen LogP contribution in [0, 0.1) is 17.2 Å². The van der Waals surface area contributed by atoms with Crippen molar-refractivity contribution in [2.45, 2.75) is 26.2 Å².